The van der Waals surface area contributed by atoms with Crippen LogP contribution in [-0.4, -0.2) is 34.9 Å². The summed E-state index contributed by atoms with van der Waals surface area (Å²) in [5.41, 5.74) is 3.27. The zero-order valence-corrected chi connectivity index (χ0v) is 19.5. The van der Waals surface area contributed by atoms with Crippen molar-refractivity contribution in [2.45, 2.75) is 44.5 Å². The third kappa shape index (κ3) is 4.82. The summed E-state index contributed by atoms with van der Waals surface area (Å²) in [5, 5.41) is 7.75. The third-order valence-electron chi connectivity index (χ3n) is 5.97. The number of hydrogen-bond acceptors (Lipinski definition) is 5. The van der Waals surface area contributed by atoms with Crippen LogP contribution in [0.25, 0.3) is 0 Å². The van der Waals surface area contributed by atoms with Crippen LogP contribution in [0.1, 0.15) is 45.3 Å². The van der Waals surface area contributed by atoms with Gasteiger partial charge in [-0.05, 0) is 54.5 Å². The summed E-state index contributed by atoms with van der Waals surface area (Å²) in [6.07, 6.45) is 0.574. The summed E-state index contributed by atoms with van der Waals surface area (Å²) in [5.74, 6) is -0.432. The lowest BCUT2D eigenvalue weighted by Crippen LogP contribution is -2.46. The SMILES string of the molecule is Cc1ccc(CN2C(=O)O[C@H](c3cccc(NC(=O)c4cccs4)c3)[C@H]2C(=O)NC2CC2)cc1. The fourth-order valence-electron chi connectivity index (χ4n) is 4.01. The molecular formula is C26H25N3O4S. The monoisotopic (exact) mass is 475 g/mol. The summed E-state index contributed by atoms with van der Waals surface area (Å²) < 4.78 is 5.74. The van der Waals surface area contributed by atoms with Gasteiger partial charge in [0.15, 0.2) is 12.1 Å². The number of ether oxygens (including phenoxy) is 1. The first-order valence-corrected chi connectivity index (χ1v) is 12.1. The van der Waals surface area contributed by atoms with Crippen LogP contribution in [0.4, 0.5) is 10.5 Å². The maximum absolute atomic E-state index is 13.2. The molecule has 2 aliphatic rings. The summed E-state index contributed by atoms with van der Waals surface area (Å²) in [6.45, 7) is 2.27. The van der Waals surface area contributed by atoms with Gasteiger partial charge < -0.3 is 15.4 Å². The molecule has 0 spiro atoms. The number of nitrogens with one attached hydrogen (secondary N) is 2. The molecule has 3 aromatic rings. The molecule has 3 amide bonds. The molecule has 7 nitrogen and oxygen atoms in total. The highest BCUT2D eigenvalue weighted by atomic mass is 32.1. The Hall–Kier alpha value is -3.65. The molecule has 2 aromatic carbocycles. The molecule has 2 atom stereocenters. The Morgan fingerprint density at radius 3 is 2.59 bits per heavy atom. The molecule has 174 valence electrons. The lowest BCUT2D eigenvalue weighted by atomic mass is 10.00. The number of thiophene rings is 1. The fraction of sp³-hybridized carbons (Fsp3) is 0.269. The molecular weight excluding hydrogens is 450 g/mol. The molecule has 8 heteroatoms. The van der Waals surface area contributed by atoms with E-state index in [9.17, 15) is 14.4 Å². The Kier molecular flexibility index (Phi) is 6.06. The van der Waals surface area contributed by atoms with Gasteiger partial charge in [-0.3, -0.25) is 14.5 Å². The van der Waals surface area contributed by atoms with Gasteiger partial charge in [-0.25, -0.2) is 4.79 Å². The van der Waals surface area contributed by atoms with Crippen molar-refractivity contribution in [3.63, 3.8) is 0 Å². The second-order valence-corrected chi connectivity index (χ2v) is 9.65. The molecule has 1 aromatic heterocycles. The average molecular weight is 476 g/mol. The van der Waals surface area contributed by atoms with Gasteiger partial charge in [-0.1, -0.05) is 48.0 Å². The smallest absolute Gasteiger partial charge is 0.411 e. The Bertz CT molecular complexity index is 1210. The van der Waals surface area contributed by atoms with E-state index in [-0.39, 0.29) is 24.4 Å². The zero-order valence-electron chi connectivity index (χ0n) is 18.7. The second-order valence-electron chi connectivity index (χ2n) is 8.70. The normalized spacial score (nSPS) is 19.6. The Morgan fingerprint density at radius 1 is 1.09 bits per heavy atom. The van der Waals surface area contributed by atoms with E-state index in [2.05, 4.69) is 10.6 Å². The van der Waals surface area contributed by atoms with Crippen LogP contribution in [0.2, 0.25) is 0 Å². The maximum Gasteiger partial charge on any atom is 0.411 e. The van der Waals surface area contributed by atoms with Crippen molar-refractivity contribution < 1.29 is 19.1 Å². The van der Waals surface area contributed by atoms with Crippen molar-refractivity contribution in [3.05, 3.63) is 87.6 Å². The Labute approximate surface area is 201 Å². The van der Waals surface area contributed by atoms with Gasteiger partial charge in [0, 0.05) is 11.7 Å². The fourth-order valence-corrected chi connectivity index (χ4v) is 4.63. The molecule has 1 aliphatic heterocycles. The second kappa shape index (κ2) is 9.30. The highest BCUT2D eigenvalue weighted by molar-refractivity contribution is 7.12. The highest BCUT2D eigenvalue weighted by Crippen LogP contribution is 2.35. The molecule has 34 heavy (non-hydrogen) atoms. The topological polar surface area (TPSA) is 87.7 Å². The van der Waals surface area contributed by atoms with Crippen LogP contribution in [0, 0.1) is 6.92 Å². The van der Waals surface area contributed by atoms with Gasteiger partial charge in [0.25, 0.3) is 5.91 Å². The molecule has 1 saturated heterocycles. The van der Waals surface area contributed by atoms with Crippen molar-refractivity contribution >= 4 is 34.9 Å². The van der Waals surface area contributed by atoms with Crippen LogP contribution < -0.4 is 10.6 Å². The van der Waals surface area contributed by atoms with Crippen molar-refractivity contribution in [1.29, 1.82) is 0 Å². The number of carbonyl (C=O) groups is 3. The van der Waals surface area contributed by atoms with Gasteiger partial charge in [0.2, 0.25) is 5.91 Å². The number of nitrogens with zero attached hydrogens (tertiary/aromatic N) is 1. The van der Waals surface area contributed by atoms with Gasteiger partial charge in [0.1, 0.15) is 0 Å². The number of benzene rings is 2. The van der Waals surface area contributed by atoms with Crippen LogP contribution in [0.5, 0.6) is 0 Å². The number of amides is 3. The van der Waals surface area contributed by atoms with Crippen LogP contribution >= 0.6 is 11.3 Å². The number of aryl methyl sites for hydroxylation is 1. The highest BCUT2D eigenvalue weighted by Gasteiger charge is 2.48. The minimum atomic E-state index is -0.808. The third-order valence-corrected chi connectivity index (χ3v) is 6.84. The van der Waals surface area contributed by atoms with E-state index < -0.39 is 18.2 Å². The van der Waals surface area contributed by atoms with Gasteiger partial charge in [-0.2, -0.15) is 0 Å². The molecule has 2 N–H and O–H groups in total. The molecule has 1 aliphatic carbocycles. The van der Waals surface area contributed by atoms with Gasteiger partial charge >= 0.3 is 6.09 Å². The quantitative estimate of drug-likeness (QED) is 0.521. The molecule has 5 rings (SSSR count). The van der Waals surface area contributed by atoms with Crippen molar-refractivity contribution in [1.82, 2.24) is 10.2 Å². The molecule has 0 radical (unpaired) electrons. The van der Waals surface area contributed by atoms with Gasteiger partial charge in [-0.15, -0.1) is 11.3 Å². The minimum Gasteiger partial charge on any atom is -0.438 e. The van der Waals surface area contributed by atoms with E-state index >= 15 is 0 Å². The molecule has 2 fully saturated rings. The minimum absolute atomic E-state index is 0.154. The first-order chi connectivity index (χ1) is 16.5. The van der Waals surface area contributed by atoms with Gasteiger partial charge in [0.05, 0.1) is 11.4 Å². The zero-order chi connectivity index (χ0) is 23.7. The van der Waals surface area contributed by atoms with Crippen LogP contribution in [0.3, 0.4) is 0 Å². The molecule has 0 unspecified atom stereocenters. The summed E-state index contributed by atoms with van der Waals surface area (Å²) in [6, 6.07) is 17.9. The molecule has 2 heterocycles. The summed E-state index contributed by atoms with van der Waals surface area (Å²) in [4.78, 5) is 40.7. The van der Waals surface area contributed by atoms with E-state index in [4.69, 9.17) is 4.74 Å². The standard InChI is InChI=1S/C26H25N3O4S/c1-16-7-9-17(10-8-16)15-29-22(25(31)27-19-11-12-19)23(33-26(29)32)18-4-2-5-20(14-18)28-24(30)21-6-3-13-34-21/h2-10,13-14,19,22-23H,11-12,15H2,1H3,(H,27,31)(H,28,30)/t22-,23+/m0/s1. The largest absolute Gasteiger partial charge is 0.438 e. The number of cyclic esters (lactones) is 1. The number of anilines is 1. The lowest BCUT2D eigenvalue weighted by Gasteiger charge is -2.24. The van der Waals surface area contributed by atoms with E-state index in [1.165, 1.54) is 16.2 Å². The first kappa shape index (κ1) is 22.2. The van der Waals surface area contributed by atoms with Crippen LogP contribution in [0.15, 0.2) is 66.0 Å². The van der Waals surface area contributed by atoms with E-state index in [1.807, 2.05) is 48.7 Å². The van der Waals surface area contributed by atoms with E-state index in [1.54, 1.807) is 24.3 Å². The Balaban J connectivity index is 1.41. The molecule has 1 saturated carbocycles. The van der Waals surface area contributed by atoms with Crippen molar-refractivity contribution in [2.24, 2.45) is 0 Å². The van der Waals surface area contributed by atoms with Crippen molar-refractivity contribution in [2.75, 3.05) is 5.32 Å². The summed E-state index contributed by atoms with van der Waals surface area (Å²) in [7, 11) is 0. The van der Waals surface area contributed by atoms with E-state index in [0.29, 0.717) is 16.1 Å². The lowest BCUT2D eigenvalue weighted by molar-refractivity contribution is -0.126. The van der Waals surface area contributed by atoms with Crippen LogP contribution in [-0.2, 0) is 16.1 Å². The number of rotatable bonds is 7. The Morgan fingerprint density at radius 2 is 1.88 bits per heavy atom. The first-order valence-electron chi connectivity index (χ1n) is 11.3. The van der Waals surface area contributed by atoms with E-state index in [0.717, 1.165) is 24.0 Å². The predicted octanol–water partition coefficient (Wildman–Crippen LogP) is 4.65. The molecule has 0 bridgehead atoms. The predicted molar refractivity (Wildman–Crippen MR) is 130 cm³/mol. The average Bonchev–Trinajstić information content (AvgIpc) is 3.34. The van der Waals surface area contributed by atoms with Crippen molar-refractivity contribution in [3.8, 4) is 0 Å². The number of carbonyl (C=O) groups excluding carboxylic acids is 3. The summed E-state index contributed by atoms with van der Waals surface area (Å²) >= 11 is 1.36. The maximum atomic E-state index is 13.2. The number of hydrogen-bond donors (Lipinski definition) is 2.